The van der Waals surface area contributed by atoms with E-state index in [0.29, 0.717) is 18.4 Å². The van der Waals surface area contributed by atoms with Crippen LogP contribution in [0.15, 0.2) is 42.5 Å². The monoisotopic (exact) mass is 311 g/mol. The molecule has 1 atom stereocenters. The summed E-state index contributed by atoms with van der Waals surface area (Å²) < 4.78 is 12.2. The van der Waals surface area contributed by atoms with E-state index in [1.165, 1.54) is 11.1 Å². The fourth-order valence-corrected chi connectivity index (χ4v) is 3.16. The molecule has 0 saturated carbocycles. The van der Waals surface area contributed by atoms with Crippen molar-refractivity contribution in [3.05, 3.63) is 53.6 Å². The number of benzene rings is 2. The molecule has 0 aromatic heterocycles. The minimum atomic E-state index is 0.340. The number of likely N-dealkylation sites (N-methyl/N-ethyl adjacent to an activating group) is 1. The van der Waals surface area contributed by atoms with Gasteiger partial charge in [-0.1, -0.05) is 44.2 Å². The molecular formula is C20H25NO2. The highest BCUT2D eigenvalue weighted by molar-refractivity contribution is 5.59. The predicted molar refractivity (Wildman–Crippen MR) is 93.7 cm³/mol. The Morgan fingerprint density at radius 2 is 1.78 bits per heavy atom. The van der Waals surface area contributed by atoms with Gasteiger partial charge in [-0.15, -0.1) is 0 Å². The average molecular weight is 311 g/mol. The summed E-state index contributed by atoms with van der Waals surface area (Å²) in [5.74, 6) is 3.50. The van der Waals surface area contributed by atoms with Crippen molar-refractivity contribution < 1.29 is 9.47 Å². The summed E-state index contributed by atoms with van der Waals surface area (Å²) >= 11 is 0. The van der Waals surface area contributed by atoms with Crippen molar-refractivity contribution in [3.8, 4) is 17.2 Å². The summed E-state index contributed by atoms with van der Waals surface area (Å²) in [5.41, 5.74) is 2.49. The molecule has 1 aliphatic heterocycles. The van der Waals surface area contributed by atoms with E-state index in [4.69, 9.17) is 9.47 Å². The van der Waals surface area contributed by atoms with Gasteiger partial charge in [0, 0.05) is 23.6 Å². The van der Waals surface area contributed by atoms with Crippen molar-refractivity contribution in [1.82, 2.24) is 4.90 Å². The Bertz CT molecular complexity index is 679. The first-order valence-electron chi connectivity index (χ1n) is 8.25. The van der Waals surface area contributed by atoms with E-state index in [2.05, 4.69) is 43.0 Å². The predicted octanol–water partition coefficient (Wildman–Crippen LogP) is 4.52. The molecule has 23 heavy (non-hydrogen) atoms. The highest BCUT2D eigenvalue weighted by atomic mass is 16.5. The molecule has 1 aliphatic rings. The van der Waals surface area contributed by atoms with Crippen LogP contribution in [0.5, 0.6) is 17.2 Å². The van der Waals surface area contributed by atoms with Gasteiger partial charge in [0.2, 0.25) is 0 Å². The van der Waals surface area contributed by atoms with Crippen LogP contribution in [-0.2, 0) is 0 Å². The van der Waals surface area contributed by atoms with E-state index in [0.717, 1.165) is 23.8 Å². The van der Waals surface area contributed by atoms with E-state index in [1.807, 2.05) is 32.3 Å². The smallest absolute Gasteiger partial charge is 0.173 e. The Morgan fingerprint density at radius 1 is 1.04 bits per heavy atom. The molecule has 122 valence electrons. The quantitative estimate of drug-likeness (QED) is 0.810. The lowest BCUT2D eigenvalue weighted by Crippen LogP contribution is -2.20. The van der Waals surface area contributed by atoms with Crippen LogP contribution in [0.3, 0.4) is 0 Å². The molecule has 0 saturated heterocycles. The van der Waals surface area contributed by atoms with Crippen LogP contribution in [0.4, 0.5) is 0 Å². The highest BCUT2D eigenvalue weighted by Crippen LogP contribution is 2.50. The number of rotatable bonds is 5. The summed E-state index contributed by atoms with van der Waals surface area (Å²) in [7, 11) is 4.09. The van der Waals surface area contributed by atoms with Crippen LogP contribution in [-0.4, -0.2) is 32.1 Å². The SMILES string of the molecule is CC(C)C1c2ccccc2Oc2c(OCCN(C)C)cccc21. The molecule has 0 N–H and O–H groups in total. The molecule has 0 fully saturated rings. The van der Waals surface area contributed by atoms with E-state index in [-0.39, 0.29) is 0 Å². The molecule has 0 radical (unpaired) electrons. The number of nitrogens with zero attached hydrogens (tertiary/aromatic N) is 1. The molecule has 0 spiro atoms. The van der Waals surface area contributed by atoms with Crippen LogP contribution >= 0.6 is 0 Å². The van der Waals surface area contributed by atoms with E-state index in [9.17, 15) is 0 Å². The van der Waals surface area contributed by atoms with E-state index in [1.54, 1.807) is 0 Å². The zero-order valence-electron chi connectivity index (χ0n) is 14.4. The molecular weight excluding hydrogens is 286 g/mol. The Hall–Kier alpha value is -2.00. The summed E-state index contributed by atoms with van der Waals surface area (Å²) in [6.07, 6.45) is 0. The fraction of sp³-hybridized carbons (Fsp3) is 0.400. The van der Waals surface area contributed by atoms with Crippen LogP contribution in [0, 0.1) is 5.92 Å². The fourth-order valence-electron chi connectivity index (χ4n) is 3.16. The molecule has 3 nitrogen and oxygen atoms in total. The van der Waals surface area contributed by atoms with Crippen LogP contribution in [0.25, 0.3) is 0 Å². The third-order valence-corrected chi connectivity index (χ3v) is 4.27. The second-order valence-electron chi connectivity index (χ2n) is 6.69. The molecule has 2 aromatic rings. The minimum Gasteiger partial charge on any atom is -0.488 e. The van der Waals surface area contributed by atoms with Crippen molar-refractivity contribution in [2.75, 3.05) is 27.2 Å². The topological polar surface area (TPSA) is 21.7 Å². The largest absolute Gasteiger partial charge is 0.488 e. The van der Waals surface area contributed by atoms with Gasteiger partial charge >= 0.3 is 0 Å². The molecule has 1 unspecified atom stereocenters. The number of para-hydroxylation sites is 2. The molecule has 0 amide bonds. The van der Waals surface area contributed by atoms with Gasteiger partial charge in [-0.05, 0) is 32.1 Å². The average Bonchev–Trinajstić information content (AvgIpc) is 2.52. The molecule has 3 heteroatoms. The molecule has 1 heterocycles. The van der Waals surface area contributed by atoms with Crippen molar-refractivity contribution in [2.45, 2.75) is 19.8 Å². The van der Waals surface area contributed by atoms with E-state index >= 15 is 0 Å². The summed E-state index contributed by atoms with van der Waals surface area (Å²) in [6, 6.07) is 14.6. The highest BCUT2D eigenvalue weighted by Gasteiger charge is 2.31. The maximum atomic E-state index is 6.21. The van der Waals surface area contributed by atoms with Gasteiger partial charge in [0.25, 0.3) is 0 Å². The third kappa shape index (κ3) is 3.20. The normalized spacial score (nSPS) is 16.0. The lowest BCUT2D eigenvalue weighted by atomic mass is 9.80. The van der Waals surface area contributed by atoms with Crippen LogP contribution in [0.1, 0.15) is 30.9 Å². The Morgan fingerprint density at radius 3 is 2.52 bits per heavy atom. The van der Waals surface area contributed by atoms with Crippen LogP contribution < -0.4 is 9.47 Å². The van der Waals surface area contributed by atoms with Crippen molar-refractivity contribution in [3.63, 3.8) is 0 Å². The number of fused-ring (bicyclic) bond motifs is 2. The van der Waals surface area contributed by atoms with Gasteiger partial charge < -0.3 is 14.4 Å². The summed E-state index contributed by atoms with van der Waals surface area (Å²) in [6.45, 7) is 6.06. The lowest BCUT2D eigenvalue weighted by molar-refractivity contribution is 0.251. The minimum absolute atomic E-state index is 0.340. The Labute approximate surface area is 138 Å². The van der Waals surface area contributed by atoms with Crippen LogP contribution in [0.2, 0.25) is 0 Å². The Balaban J connectivity index is 1.97. The van der Waals surface area contributed by atoms with Gasteiger partial charge in [0.1, 0.15) is 12.4 Å². The van der Waals surface area contributed by atoms with Gasteiger partial charge in [-0.3, -0.25) is 0 Å². The van der Waals surface area contributed by atoms with Crippen molar-refractivity contribution >= 4 is 0 Å². The lowest BCUT2D eigenvalue weighted by Gasteiger charge is -2.31. The molecule has 0 bridgehead atoms. The first-order valence-corrected chi connectivity index (χ1v) is 8.25. The number of hydrogen-bond donors (Lipinski definition) is 0. The first kappa shape index (κ1) is 15.9. The molecule has 2 aromatic carbocycles. The number of hydrogen-bond acceptors (Lipinski definition) is 3. The maximum Gasteiger partial charge on any atom is 0.173 e. The van der Waals surface area contributed by atoms with Gasteiger partial charge in [-0.2, -0.15) is 0 Å². The molecule has 0 aliphatic carbocycles. The van der Waals surface area contributed by atoms with Gasteiger partial charge in [0.05, 0.1) is 0 Å². The second kappa shape index (κ2) is 6.63. The van der Waals surface area contributed by atoms with Crippen molar-refractivity contribution in [1.29, 1.82) is 0 Å². The number of ether oxygens (including phenoxy) is 2. The zero-order valence-corrected chi connectivity index (χ0v) is 14.4. The molecule has 3 rings (SSSR count). The second-order valence-corrected chi connectivity index (χ2v) is 6.69. The maximum absolute atomic E-state index is 6.21. The standard InChI is InChI=1S/C20H25NO2/c1-14(2)19-15-8-5-6-10-17(15)23-20-16(19)9-7-11-18(20)22-13-12-21(3)4/h5-11,14,19H,12-13H2,1-4H3. The van der Waals surface area contributed by atoms with E-state index < -0.39 is 0 Å². The summed E-state index contributed by atoms with van der Waals surface area (Å²) in [4.78, 5) is 2.11. The first-order chi connectivity index (χ1) is 11.1. The summed E-state index contributed by atoms with van der Waals surface area (Å²) in [5, 5.41) is 0. The zero-order chi connectivity index (χ0) is 16.4. The Kier molecular flexibility index (Phi) is 4.58. The third-order valence-electron chi connectivity index (χ3n) is 4.27. The van der Waals surface area contributed by atoms with Gasteiger partial charge in [-0.25, -0.2) is 0 Å². The van der Waals surface area contributed by atoms with Crippen molar-refractivity contribution in [2.24, 2.45) is 5.92 Å². The van der Waals surface area contributed by atoms with Gasteiger partial charge in [0.15, 0.2) is 11.5 Å².